The number of nitrogens with one attached hydrogen (secondary N) is 1. The van der Waals surface area contributed by atoms with E-state index in [4.69, 9.17) is 5.11 Å². The van der Waals surface area contributed by atoms with E-state index in [1.807, 2.05) is 0 Å². The molecular formula is C11H17NNaO7S2-. The number of amides is 2. The molecule has 122 valence electrons. The number of rotatable bonds is 4. The molecule has 2 aliphatic rings. The maximum atomic E-state index is 11.1. The van der Waals surface area contributed by atoms with Gasteiger partial charge >= 0.3 is 29.6 Å². The summed E-state index contributed by atoms with van der Waals surface area (Å²) >= 11 is -2.59. The molecule has 0 radical (unpaired) electrons. The first-order valence-electron chi connectivity index (χ1n) is 6.30. The predicted octanol–water partition coefficient (Wildman–Crippen LogP) is -4.50. The van der Waals surface area contributed by atoms with Crippen molar-refractivity contribution in [2.75, 3.05) is 17.4 Å². The van der Waals surface area contributed by atoms with Crippen molar-refractivity contribution < 1.29 is 61.4 Å². The van der Waals surface area contributed by atoms with Gasteiger partial charge in [-0.2, -0.15) is 12.8 Å². The molecule has 3 unspecified atom stereocenters. The third-order valence-corrected chi connectivity index (χ3v) is 6.20. The molecule has 1 aliphatic carbocycles. The number of hydrogen-bond acceptors (Lipinski definition) is 7. The van der Waals surface area contributed by atoms with Crippen LogP contribution in [0.3, 0.4) is 0 Å². The summed E-state index contributed by atoms with van der Waals surface area (Å²) in [6.45, 7) is -0.542. The Kier molecular flexibility index (Phi) is 10.2. The van der Waals surface area contributed by atoms with Crippen LogP contribution in [0.4, 0.5) is 0 Å². The van der Waals surface area contributed by atoms with Crippen LogP contribution in [0.5, 0.6) is 0 Å². The van der Waals surface area contributed by atoms with Crippen molar-refractivity contribution in [1.29, 1.82) is 0 Å². The molecule has 3 atom stereocenters. The monoisotopic (exact) mass is 362 g/mol. The summed E-state index contributed by atoms with van der Waals surface area (Å²) in [6, 6.07) is 0. The summed E-state index contributed by atoms with van der Waals surface area (Å²) in [5, 5.41) is 9.59. The van der Waals surface area contributed by atoms with E-state index < -0.39 is 38.4 Å². The zero-order valence-electron chi connectivity index (χ0n) is 12.2. The van der Waals surface area contributed by atoms with Crippen LogP contribution in [0.15, 0.2) is 0 Å². The van der Waals surface area contributed by atoms with Gasteiger partial charge in [0.1, 0.15) is 5.08 Å². The second kappa shape index (κ2) is 10.1. The van der Waals surface area contributed by atoms with Gasteiger partial charge in [0.25, 0.3) is 0 Å². The zero-order chi connectivity index (χ0) is 16.0. The molecule has 11 heteroatoms. The van der Waals surface area contributed by atoms with Crippen molar-refractivity contribution in [2.45, 2.75) is 19.3 Å². The Morgan fingerprint density at radius 1 is 1.32 bits per heavy atom. The van der Waals surface area contributed by atoms with Crippen molar-refractivity contribution in [2.24, 2.45) is 11.8 Å². The van der Waals surface area contributed by atoms with Crippen LogP contribution in [-0.2, 0) is 30.5 Å². The number of sulfone groups is 1. The van der Waals surface area contributed by atoms with Crippen molar-refractivity contribution >= 4 is 32.7 Å². The van der Waals surface area contributed by atoms with E-state index in [1.165, 1.54) is 0 Å². The van der Waals surface area contributed by atoms with Gasteiger partial charge in [-0.25, -0.2) is 8.42 Å². The van der Waals surface area contributed by atoms with E-state index in [0.29, 0.717) is 0 Å². The molecular weight excluding hydrogens is 345 g/mol. The Morgan fingerprint density at radius 2 is 1.91 bits per heavy atom. The Bertz CT molecular complexity index is 501. The fourth-order valence-corrected chi connectivity index (χ4v) is 4.14. The molecule has 2 N–H and O–H groups in total. The molecule has 1 aliphatic heterocycles. The fourth-order valence-electron chi connectivity index (χ4n) is 2.22. The average Bonchev–Trinajstić information content (AvgIpc) is 2.65. The molecule has 0 aromatic rings. The van der Waals surface area contributed by atoms with E-state index in [-0.39, 0.29) is 53.2 Å². The van der Waals surface area contributed by atoms with Crippen molar-refractivity contribution in [3.63, 3.8) is 0 Å². The third-order valence-electron chi connectivity index (χ3n) is 3.19. The van der Waals surface area contributed by atoms with Gasteiger partial charge < -0.3 is 16.1 Å². The minimum absolute atomic E-state index is 0. The molecule has 0 bridgehead atoms. The summed E-state index contributed by atoms with van der Waals surface area (Å²) in [6.07, 6.45) is 4.70. The van der Waals surface area contributed by atoms with Gasteiger partial charge in [-0.1, -0.05) is 6.42 Å². The zero-order valence-corrected chi connectivity index (χ0v) is 15.8. The second-order valence-corrected chi connectivity index (χ2v) is 8.21. The first-order chi connectivity index (χ1) is 9.76. The maximum absolute atomic E-state index is 11.1. The summed E-state index contributed by atoms with van der Waals surface area (Å²) in [5.74, 6) is -0.700. The molecule has 0 aromatic heterocycles. The molecule has 1 saturated carbocycles. The fraction of sp³-hybridized carbons (Fsp3) is 0.727. The summed E-state index contributed by atoms with van der Waals surface area (Å²) < 4.78 is 40.6. The number of aliphatic hydroxyl groups excluding tert-OH is 1. The number of carbonyl (C=O) groups is 2. The molecule has 2 rings (SSSR count). The number of carbonyl (C=O) groups excluding carboxylic acids is 2. The van der Waals surface area contributed by atoms with E-state index in [2.05, 4.69) is 11.7 Å². The average molecular weight is 362 g/mol. The Labute approximate surface area is 153 Å². The number of aliphatic hydroxyl groups is 1. The summed E-state index contributed by atoms with van der Waals surface area (Å²) in [5.41, 5.74) is 0. The smallest absolute Gasteiger partial charge is 0.772 e. The first-order valence-corrected chi connectivity index (χ1v) is 9.37. The molecule has 22 heavy (non-hydrogen) atoms. The van der Waals surface area contributed by atoms with Crippen LogP contribution >= 0.6 is 0 Å². The first kappa shape index (κ1) is 22.2. The van der Waals surface area contributed by atoms with Crippen molar-refractivity contribution in [3.8, 4) is 0 Å². The van der Waals surface area contributed by atoms with Gasteiger partial charge in [-0.05, 0) is 11.1 Å². The van der Waals surface area contributed by atoms with Gasteiger partial charge in [0.05, 0.1) is 12.4 Å². The van der Waals surface area contributed by atoms with Crippen LogP contribution in [-0.4, -0.2) is 51.5 Å². The Balaban J connectivity index is 0.000000387. The molecule has 0 spiro atoms. The van der Waals surface area contributed by atoms with E-state index in [0.717, 1.165) is 19.3 Å². The van der Waals surface area contributed by atoms with Crippen LogP contribution in [0, 0.1) is 18.3 Å². The van der Waals surface area contributed by atoms with Gasteiger partial charge in [0.15, 0.2) is 9.84 Å². The third kappa shape index (κ3) is 7.16. The van der Waals surface area contributed by atoms with Crippen LogP contribution in [0.1, 0.15) is 19.3 Å². The standard InChI is InChI=1S/C8H10NO2.C3H8O5S2.Na/c10-7-5-3-1-2-4-6(5)8(11)9-7;4-1-2-10(7,8)3-9(5)6;/h1,5-6H,2-4H2,(H,9,10,11);4H,1-3H2,(H,5,6);/q-1;;+1/p-1. The molecule has 2 amide bonds. The second-order valence-electron chi connectivity index (χ2n) is 4.76. The van der Waals surface area contributed by atoms with E-state index >= 15 is 0 Å². The number of hydrogen-bond donors (Lipinski definition) is 2. The molecule has 8 nitrogen and oxygen atoms in total. The van der Waals surface area contributed by atoms with Gasteiger partial charge in [0, 0.05) is 11.8 Å². The predicted molar refractivity (Wildman–Crippen MR) is 72.9 cm³/mol. The SMILES string of the molecule is O=C1NC(=O)C2CC[CH-]CC12.O=S([O-])CS(=O)(=O)CCO.[Na+]. The van der Waals surface area contributed by atoms with Crippen molar-refractivity contribution in [1.82, 2.24) is 5.32 Å². The minimum Gasteiger partial charge on any atom is -0.772 e. The molecule has 0 aromatic carbocycles. The topological polar surface area (TPSA) is 141 Å². The van der Waals surface area contributed by atoms with E-state index in [1.54, 1.807) is 0 Å². The molecule has 1 saturated heterocycles. The van der Waals surface area contributed by atoms with Gasteiger partial charge in [-0.15, -0.1) is 0 Å². The van der Waals surface area contributed by atoms with Gasteiger partial charge in [0.2, 0.25) is 11.8 Å². The largest absolute Gasteiger partial charge is 1.00 e. The summed E-state index contributed by atoms with van der Waals surface area (Å²) in [4.78, 5) is 22.1. The Morgan fingerprint density at radius 3 is 2.41 bits per heavy atom. The molecule has 1 heterocycles. The van der Waals surface area contributed by atoms with Crippen LogP contribution < -0.4 is 34.9 Å². The quantitative estimate of drug-likeness (QED) is 0.222. The minimum atomic E-state index is -3.59. The van der Waals surface area contributed by atoms with Crippen molar-refractivity contribution in [3.05, 3.63) is 6.42 Å². The van der Waals surface area contributed by atoms with Crippen LogP contribution in [0.2, 0.25) is 0 Å². The van der Waals surface area contributed by atoms with Gasteiger partial charge in [-0.3, -0.25) is 19.1 Å². The number of fused-ring (bicyclic) bond motifs is 1. The summed E-state index contributed by atoms with van der Waals surface area (Å²) in [7, 11) is -3.59. The number of imide groups is 1. The van der Waals surface area contributed by atoms with E-state index in [9.17, 15) is 26.8 Å². The Hall–Kier alpha value is 0.160. The molecule has 2 fully saturated rings. The normalized spacial score (nSPS) is 25.2. The van der Waals surface area contributed by atoms with Crippen LogP contribution in [0.25, 0.3) is 0 Å². The maximum Gasteiger partial charge on any atom is 1.00 e.